The first-order chi connectivity index (χ1) is 16.6. The lowest BCUT2D eigenvalue weighted by atomic mass is 10.2. The van der Waals surface area contributed by atoms with E-state index in [0.29, 0.717) is 32.0 Å². The van der Waals surface area contributed by atoms with Crippen LogP contribution in [0.5, 0.6) is 0 Å². The van der Waals surface area contributed by atoms with Gasteiger partial charge in [-0.2, -0.15) is 0 Å². The molecule has 2 fully saturated rings. The molecule has 2 aliphatic heterocycles. The molecule has 3 heterocycles. The van der Waals surface area contributed by atoms with Gasteiger partial charge in [-0.25, -0.2) is 4.98 Å². The topological polar surface area (TPSA) is 75.8 Å². The van der Waals surface area contributed by atoms with E-state index in [-0.39, 0.29) is 11.5 Å². The number of hydrogen-bond acceptors (Lipinski definition) is 6. The van der Waals surface area contributed by atoms with Gasteiger partial charge in [-0.05, 0) is 18.4 Å². The first-order valence-electron chi connectivity index (χ1n) is 12.7. The molecule has 0 unspecified atom stereocenters. The first-order valence-corrected chi connectivity index (χ1v) is 12.7. The zero-order valence-corrected chi connectivity index (χ0v) is 20.4. The highest BCUT2D eigenvalue weighted by atomic mass is 16.2. The summed E-state index contributed by atoms with van der Waals surface area (Å²) < 4.78 is 0. The molecule has 1 N–H and O–H groups in total. The summed E-state index contributed by atoms with van der Waals surface area (Å²) in [4.78, 5) is 41.5. The van der Waals surface area contributed by atoms with Gasteiger partial charge in [0.25, 0.3) is 5.56 Å². The third-order valence-electron chi connectivity index (χ3n) is 6.77. The Balaban J connectivity index is 1.31. The van der Waals surface area contributed by atoms with Crippen molar-refractivity contribution in [2.75, 3.05) is 57.3 Å². The Bertz CT molecular complexity index is 971. The summed E-state index contributed by atoms with van der Waals surface area (Å²) in [5.41, 5.74) is 2.05. The highest BCUT2D eigenvalue weighted by Crippen LogP contribution is 2.14. The zero-order chi connectivity index (χ0) is 23.8. The zero-order valence-electron chi connectivity index (χ0n) is 20.4. The third-order valence-corrected chi connectivity index (χ3v) is 6.77. The van der Waals surface area contributed by atoms with Gasteiger partial charge in [0, 0.05) is 77.9 Å². The number of hydrogen-bond donors (Lipinski definition) is 1. The van der Waals surface area contributed by atoms with Crippen molar-refractivity contribution >= 4 is 11.9 Å². The van der Waals surface area contributed by atoms with E-state index >= 15 is 0 Å². The van der Waals surface area contributed by atoms with Crippen LogP contribution in [0.25, 0.3) is 0 Å². The third kappa shape index (κ3) is 6.90. The van der Waals surface area contributed by atoms with Gasteiger partial charge in [0.05, 0.1) is 5.69 Å². The number of anilines is 1. The standard InChI is InChI=1S/C26H38N6O2/c1-2-3-10-25(34)31-11-7-12-32(18-17-31)26-27-23(19-24(33)28-26)21-30-15-13-29(14-16-30)20-22-8-5-4-6-9-22/h4-6,8-9,19H,2-3,7,10-18,20-21H2,1H3,(H,27,28,33). The van der Waals surface area contributed by atoms with E-state index < -0.39 is 0 Å². The van der Waals surface area contributed by atoms with Crippen LogP contribution in [0.3, 0.4) is 0 Å². The maximum atomic E-state index is 12.4. The normalized spacial score (nSPS) is 18.1. The molecule has 2 aliphatic rings. The smallest absolute Gasteiger partial charge is 0.252 e. The molecular weight excluding hydrogens is 428 g/mol. The molecule has 8 nitrogen and oxygen atoms in total. The second-order valence-electron chi connectivity index (χ2n) is 9.42. The number of carbonyl (C=O) groups is 1. The highest BCUT2D eigenvalue weighted by molar-refractivity contribution is 5.76. The van der Waals surface area contributed by atoms with Crippen molar-refractivity contribution in [1.29, 1.82) is 0 Å². The lowest BCUT2D eigenvalue weighted by molar-refractivity contribution is -0.131. The fourth-order valence-electron chi connectivity index (χ4n) is 4.77. The van der Waals surface area contributed by atoms with Crippen molar-refractivity contribution in [3.05, 3.63) is 58.0 Å². The quantitative estimate of drug-likeness (QED) is 0.644. The van der Waals surface area contributed by atoms with Crippen molar-refractivity contribution in [2.45, 2.75) is 45.7 Å². The Morgan fingerprint density at radius 1 is 0.941 bits per heavy atom. The number of H-pyrrole nitrogens is 1. The van der Waals surface area contributed by atoms with Gasteiger partial charge in [-0.15, -0.1) is 0 Å². The molecule has 0 atom stereocenters. The molecule has 0 aliphatic carbocycles. The average molecular weight is 467 g/mol. The average Bonchev–Trinajstić information content (AvgIpc) is 3.11. The van der Waals surface area contributed by atoms with Crippen LogP contribution >= 0.6 is 0 Å². The molecule has 2 aromatic rings. The van der Waals surface area contributed by atoms with Gasteiger partial charge >= 0.3 is 0 Å². The lowest BCUT2D eigenvalue weighted by Crippen LogP contribution is -2.45. The molecular formula is C26H38N6O2. The van der Waals surface area contributed by atoms with Crippen molar-refractivity contribution in [2.24, 2.45) is 0 Å². The Kier molecular flexibility index (Phi) is 8.71. The van der Waals surface area contributed by atoms with Gasteiger partial charge in [0.15, 0.2) is 0 Å². The molecule has 4 rings (SSSR count). The number of piperazine rings is 1. The van der Waals surface area contributed by atoms with Gasteiger partial charge in [0.1, 0.15) is 0 Å². The Morgan fingerprint density at radius 3 is 2.41 bits per heavy atom. The predicted molar refractivity (Wildman–Crippen MR) is 135 cm³/mol. The van der Waals surface area contributed by atoms with Crippen LogP contribution in [0.1, 0.15) is 43.9 Å². The highest BCUT2D eigenvalue weighted by Gasteiger charge is 2.22. The van der Waals surface area contributed by atoms with E-state index in [1.807, 2.05) is 4.90 Å². The lowest BCUT2D eigenvalue weighted by Gasteiger charge is -2.34. The van der Waals surface area contributed by atoms with Gasteiger partial charge < -0.3 is 9.80 Å². The molecule has 34 heavy (non-hydrogen) atoms. The number of aromatic amines is 1. The number of amides is 1. The summed E-state index contributed by atoms with van der Waals surface area (Å²) in [6.45, 7) is 10.7. The fourth-order valence-corrected chi connectivity index (χ4v) is 4.77. The summed E-state index contributed by atoms with van der Waals surface area (Å²) in [6.07, 6.45) is 3.48. The number of aromatic nitrogens is 2. The molecule has 0 saturated carbocycles. The van der Waals surface area contributed by atoms with E-state index in [4.69, 9.17) is 4.98 Å². The number of nitrogens with zero attached hydrogens (tertiary/aromatic N) is 5. The minimum absolute atomic E-state index is 0.108. The SMILES string of the molecule is CCCCC(=O)N1CCCN(c2nc(CN3CCN(Cc4ccccc4)CC3)cc(=O)[nH]2)CC1. The van der Waals surface area contributed by atoms with E-state index in [1.54, 1.807) is 6.07 Å². The van der Waals surface area contributed by atoms with E-state index in [9.17, 15) is 9.59 Å². The van der Waals surface area contributed by atoms with Crippen LogP contribution in [0.4, 0.5) is 5.95 Å². The molecule has 1 aromatic heterocycles. The van der Waals surface area contributed by atoms with E-state index in [1.165, 1.54) is 5.56 Å². The Hall–Kier alpha value is -2.71. The van der Waals surface area contributed by atoms with Crippen LogP contribution in [0.15, 0.2) is 41.2 Å². The largest absolute Gasteiger partial charge is 0.341 e. The van der Waals surface area contributed by atoms with Gasteiger partial charge in [-0.3, -0.25) is 24.4 Å². The summed E-state index contributed by atoms with van der Waals surface area (Å²) in [5.74, 6) is 0.874. The maximum Gasteiger partial charge on any atom is 0.252 e. The molecule has 0 bridgehead atoms. The molecule has 184 valence electrons. The van der Waals surface area contributed by atoms with Crippen molar-refractivity contribution in [1.82, 2.24) is 24.7 Å². The number of carbonyl (C=O) groups excluding carboxylic acids is 1. The van der Waals surface area contributed by atoms with Crippen molar-refractivity contribution < 1.29 is 4.79 Å². The monoisotopic (exact) mass is 466 g/mol. The van der Waals surface area contributed by atoms with E-state index in [2.05, 4.69) is 56.9 Å². The van der Waals surface area contributed by atoms with Gasteiger partial charge in [-0.1, -0.05) is 43.7 Å². The Labute approximate surface area is 202 Å². The van der Waals surface area contributed by atoms with Crippen molar-refractivity contribution in [3.63, 3.8) is 0 Å². The summed E-state index contributed by atoms with van der Waals surface area (Å²) in [5, 5.41) is 0. The molecule has 1 aromatic carbocycles. The number of unbranched alkanes of at least 4 members (excludes halogenated alkanes) is 1. The minimum atomic E-state index is -0.108. The first kappa shape index (κ1) is 24.4. The minimum Gasteiger partial charge on any atom is -0.341 e. The molecule has 0 spiro atoms. The Morgan fingerprint density at radius 2 is 1.68 bits per heavy atom. The van der Waals surface area contributed by atoms with E-state index in [0.717, 1.165) is 70.8 Å². The number of rotatable bonds is 8. The van der Waals surface area contributed by atoms with Crippen LogP contribution in [-0.4, -0.2) is 82.9 Å². The van der Waals surface area contributed by atoms with Crippen LogP contribution < -0.4 is 10.5 Å². The van der Waals surface area contributed by atoms with Crippen LogP contribution in [0, 0.1) is 0 Å². The van der Waals surface area contributed by atoms with Crippen molar-refractivity contribution in [3.8, 4) is 0 Å². The molecule has 0 radical (unpaired) electrons. The fraction of sp³-hybridized carbons (Fsp3) is 0.577. The van der Waals surface area contributed by atoms with Gasteiger partial charge in [0.2, 0.25) is 11.9 Å². The molecule has 8 heteroatoms. The summed E-state index contributed by atoms with van der Waals surface area (Å²) in [7, 11) is 0. The molecule has 1 amide bonds. The number of benzene rings is 1. The predicted octanol–water partition coefficient (Wildman–Crippen LogP) is 2.32. The number of nitrogens with one attached hydrogen (secondary N) is 1. The van der Waals surface area contributed by atoms with Crippen LogP contribution in [-0.2, 0) is 17.9 Å². The van der Waals surface area contributed by atoms with Crippen LogP contribution in [0.2, 0.25) is 0 Å². The maximum absolute atomic E-state index is 12.4. The second kappa shape index (κ2) is 12.1. The second-order valence-corrected chi connectivity index (χ2v) is 9.42. The summed E-state index contributed by atoms with van der Waals surface area (Å²) in [6, 6.07) is 12.2. The molecule has 2 saturated heterocycles. The summed E-state index contributed by atoms with van der Waals surface area (Å²) >= 11 is 0.